The second-order valence-electron chi connectivity index (χ2n) is 6.99. The van der Waals surface area contributed by atoms with Gasteiger partial charge < -0.3 is 9.55 Å². The number of hydrogen-bond donors (Lipinski definition) is 1. The van der Waals surface area contributed by atoms with Crippen molar-refractivity contribution in [2.24, 2.45) is 17.8 Å². The van der Waals surface area contributed by atoms with Crippen molar-refractivity contribution < 1.29 is 0 Å². The van der Waals surface area contributed by atoms with Crippen LogP contribution in [0.25, 0.3) is 0 Å². The molecule has 104 valence electrons. The molecule has 1 heterocycles. The summed E-state index contributed by atoms with van der Waals surface area (Å²) in [5.41, 5.74) is 1.44. The Labute approximate surface area is 117 Å². The molecule has 0 aliphatic heterocycles. The van der Waals surface area contributed by atoms with Crippen LogP contribution in [-0.4, -0.2) is 9.55 Å². The van der Waals surface area contributed by atoms with Crippen molar-refractivity contribution in [1.82, 2.24) is 9.55 Å². The number of nitrogens with one attached hydrogen (secondary N) is 1. The van der Waals surface area contributed by atoms with Crippen LogP contribution in [0.1, 0.15) is 54.2 Å². The molecule has 0 fully saturated rings. The van der Waals surface area contributed by atoms with Crippen LogP contribution in [0.4, 0.5) is 0 Å². The average molecular weight is 268 g/mol. The standard InChI is InChI=1S/C15H28N2S/c1-10(2)12(11(3)4)9-17-13(15(5,6)7)8-16-14(17)18/h8,10-12H,9H2,1-7H3,(H,16,18). The second kappa shape index (κ2) is 5.60. The van der Waals surface area contributed by atoms with Gasteiger partial charge in [0, 0.05) is 23.9 Å². The van der Waals surface area contributed by atoms with Gasteiger partial charge in [0.25, 0.3) is 0 Å². The first-order chi connectivity index (χ1) is 8.14. The minimum Gasteiger partial charge on any atom is -0.337 e. The van der Waals surface area contributed by atoms with Crippen molar-refractivity contribution in [3.8, 4) is 0 Å². The predicted octanol–water partition coefficient (Wildman–Crippen LogP) is 4.77. The van der Waals surface area contributed by atoms with Gasteiger partial charge in [-0.1, -0.05) is 48.5 Å². The molecule has 18 heavy (non-hydrogen) atoms. The first-order valence-electron chi connectivity index (χ1n) is 6.93. The van der Waals surface area contributed by atoms with Crippen LogP contribution in [-0.2, 0) is 12.0 Å². The fourth-order valence-electron chi connectivity index (χ4n) is 2.60. The molecular weight excluding hydrogens is 240 g/mol. The zero-order valence-corrected chi connectivity index (χ0v) is 13.7. The van der Waals surface area contributed by atoms with Crippen LogP contribution in [0.2, 0.25) is 0 Å². The fourth-order valence-corrected chi connectivity index (χ4v) is 2.83. The van der Waals surface area contributed by atoms with E-state index in [4.69, 9.17) is 12.2 Å². The molecule has 1 aromatic rings. The first kappa shape index (κ1) is 15.5. The van der Waals surface area contributed by atoms with Crippen LogP contribution in [0.3, 0.4) is 0 Å². The van der Waals surface area contributed by atoms with E-state index >= 15 is 0 Å². The Morgan fingerprint density at radius 1 is 1.17 bits per heavy atom. The Kier molecular flexibility index (Phi) is 4.82. The van der Waals surface area contributed by atoms with E-state index < -0.39 is 0 Å². The van der Waals surface area contributed by atoms with Gasteiger partial charge in [-0.05, 0) is 30.0 Å². The highest BCUT2D eigenvalue weighted by atomic mass is 32.1. The Morgan fingerprint density at radius 3 is 2.06 bits per heavy atom. The number of imidazole rings is 1. The highest BCUT2D eigenvalue weighted by Crippen LogP contribution is 2.27. The number of aromatic nitrogens is 2. The third kappa shape index (κ3) is 3.47. The summed E-state index contributed by atoms with van der Waals surface area (Å²) in [7, 11) is 0. The molecule has 0 atom stereocenters. The Bertz CT molecular complexity index is 424. The van der Waals surface area contributed by atoms with Crippen molar-refractivity contribution in [3.05, 3.63) is 16.7 Å². The minimum atomic E-state index is 0.131. The summed E-state index contributed by atoms with van der Waals surface area (Å²) in [5.74, 6) is 2.01. The van der Waals surface area contributed by atoms with E-state index in [9.17, 15) is 0 Å². The Hall–Kier alpha value is -0.570. The lowest BCUT2D eigenvalue weighted by Gasteiger charge is -2.28. The van der Waals surface area contributed by atoms with Gasteiger partial charge in [0.2, 0.25) is 0 Å². The zero-order valence-electron chi connectivity index (χ0n) is 12.9. The number of hydrogen-bond acceptors (Lipinski definition) is 1. The Morgan fingerprint density at radius 2 is 1.67 bits per heavy atom. The van der Waals surface area contributed by atoms with Crippen molar-refractivity contribution in [2.75, 3.05) is 0 Å². The predicted molar refractivity (Wildman–Crippen MR) is 81.5 cm³/mol. The highest BCUT2D eigenvalue weighted by molar-refractivity contribution is 7.71. The van der Waals surface area contributed by atoms with E-state index in [0.29, 0.717) is 17.8 Å². The lowest BCUT2D eigenvalue weighted by molar-refractivity contribution is 0.245. The molecule has 1 aromatic heterocycles. The number of rotatable bonds is 4. The molecule has 0 aliphatic rings. The van der Waals surface area contributed by atoms with Gasteiger partial charge in [-0.15, -0.1) is 0 Å². The molecule has 0 saturated carbocycles. The second-order valence-corrected chi connectivity index (χ2v) is 7.38. The quantitative estimate of drug-likeness (QED) is 0.780. The third-order valence-electron chi connectivity index (χ3n) is 3.74. The number of aromatic amines is 1. The van der Waals surface area contributed by atoms with E-state index in [1.165, 1.54) is 5.69 Å². The molecule has 0 bridgehead atoms. The maximum absolute atomic E-state index is 5.44. The molecule has 0 aromatic carbocycles. The van der Waals surface area contributed by atoms with Crippen LogP contribution >= 0.6 is 12.2 Å². The normalized spacial score (nSPS) is 13.0. The maximum Gasteiger partial charge on any atom is 0.177 e. The summed E-state index contributed by atoms with van der Waals surface area (Å²) in [5, 5.41) is 0. The lowest BCUT2D eigenvalue weighted by atomic mass is 9.85. The Balaban J connectivity index is 3.10. The zero-order chi connectivity index (χ0) is 14.1. The van der Waals surface area contributed by atoms with Gasteiger partial charge in [0.1, 0.15) is 0 Å². The van der Waals surface area contributed by atoms with E-state index in [0.717, 1.165) is 11.3 Å². The molecular formula is C15H28N2S. The molecule has 0 radical (unpaired) electrons. The van der Waals surface area contributed by atoms with Gasteiger partial charge in [-0.2, -0.15) is 0 Å². The monoisotopic (exact) mass is 268 g/mol. The summed E-state index contributed by atoms with van der Waals surface area (Å²) in [6.45, 7) is 16.9. The maximum atomic E-state index is 5.44. The molecule has 1 rings (SSSR count). The number of nitrogens with zero attached hydrogens (tertiary/aromatic N) is 1. The van der Waals surface area contributed by atoms with Gasteiger partial charge in [0.05, 0.1) is 0 Å². The minimum absolute atomic E-state index is 0.131. The van der Waals surface area contributed by atoms with Crippen LogP contribution < -0.4 is 0 Å². The van der Waals surface area contributed by atoms with Gasteiger partial charge >= 0.3 is 0 Å². The summed E-state index contributed by atoms with van der Waals surface area (Å²) >= 11 is 5.44. The fraction of sp³-hybridized carbons (Fsp3) is 0.800. The SMILES string of the molecule is CC(C)C(Cn1c(C(C)(C)C)c[nH]c1=S)C(C)C. The lowest BCUT2D eigenvalue weighted by Crippen LogP contribution is -2.26. The molecule has 2 nitrogen and oxygen atoms in total. The summed E-state index contributed by atoms with van der Waals surface area (Å²) in [4.78, 5) is 3.20. The van der Waals surface area contributed by atoms with E-state index in [-0.39, 0.29) is 5.41 Å². The molecule has 3 heteroatoms. The molecule has 0 spiro atoms. The molecule has 1 N–H and O–H groups in total. The van der Waals surface area contributed by atoms with E-state index in [1.54, 1.807) is 0 Å². The van der Waals surface area contributed by atoms with Crippen molar-refractivity contribution in [3.63, 3.8) is 0 Å². The van der Waals surface area contributed by atoms with Crippen molar-refractivity contribution >= 4 is 12.2 Å². The smallest absolute Gasteiger partial charge is 0.177 e. The summed E-state index contributed by atoms with van der Waals surface area (Å²) in [6, 6.07) is 0. The molecule has 0 amide bonds. The number of H-pyrrole nitrogens is 1. The first-order valence-corrected chi connectivity index (χ1v) is 7.34. The molecule has 0 aliphatic carbocycles. The van der Waals surface area contributed by atoms with E-state index in [1.807, 2.05) is 0 Å². The van der Waals surface area contributed by atoms with Gasteiger partial charge in [0.15, 0.2) is 4.77 Å². The average Bonchev–Trinajstić information content (AvgIpc) is 2.54. The molecule has 0 saturated heterocycles. The summed E-state index contributed by atoms with van der Waals surface area (Å²) < 4.78 is 3.14. The molecule has 0 unspecified atom stereocenters. The van der Waals surface area contributed by atoms with Crippen molar-refractivity contribution in [2.45, 2.75) is 60.4 Å². The summed E-state index contributed by atoms with van der Waals surface area (Å²) in [6.07, 6.45) is 2.07. The van der Waals surface area contributed by atoms with Crippen LogP contribution in [0, 0.1) is 22.5 Å². The van der Waals surface area contributed by atoms with Crippen molar-refractivity contribution in [1.29, 1.82) is 0 Å². The van der Waals surface area contributed by atoms with Gasteiger partial charge in [-0.3, -0.25) is 0 Å². The largest absolute Gasteiger partial charge is 0.337 e. The van der Waals surface area contributed by atoms with Crippen LogP contribution in [0.15, 0.2) is 6.20 Å². The third-order valence-corrected chi connectivity index (χ3v) is 4.08. The van der Waals surface area contributed by atoms with E-state index in [2.05, 4.69) is 64.2 Å². The highest BCUT2D eigenvalue weighted by Gasteiger charge is 2.24. The van der Waals surface area contributed by atoms with Gasteiger partial charge in [-0.25, -0.2) is 0 Å². The topological polar surface area (TPSA) is 20.7 Å². The van der Waals surface area contributed by atoms with Crippen LogP contribution in [0.5, 0.6) is 0 Å².